The van der Waals surface area contributed by atoms with E-state index >= 15 is 0 Å². The number of hydrogen-bond acceptors (Lipinski definition) is 3. The van der Waals surface area contributed by atoms with Crippen molar-refractivity contribution in [3.05, 3.63) is 58.1 Å². The highest BCUT2D eigenvalue weighted by atomic mass is 79.9. The highest BCUT2D eigenvalue weighted by Gasteiger charge is 2.15. The minimum Gasteiger partial charge on any atom is -0.497 e. The first kappa shape index (κ1) is 21.3. The number of carbonyl (C=O) groups is 1. The summed E-state index contributed by atoms with van der Waals surface area (Å²) in [5.74, 6) is 1.41. The largest absolute Gasteiger partial charge is 0.497 e. The van der Waals surface area contributed by atoms with Crippen LogP contribution in [-0.2, 0) is 16.6 Å². The number of ether oxygens (including phenoxy) is 2. The van der Waals surface area contributed by atoms with Crippen LogP contribution in [0.3, 0.4) is 0 Å². The second-order valence-corrected chi connectivity index (χ2v) is 8.34. The molecule has 0 aromatic heterocycles. The van der Waals surface area contributed by atoms with Gasteiger partial charge in [0.2, 0.25) is 0 Å². The average Bonchev–Trinajstić information content (AvgIpc) is 2.63. The molecule has 0 saturated carbocycles. The number of carbonyl (C=O) groups excluding carboxylic acids is 1. The van der Waals surface area contributed by atoms with Crippen LogP contribution in [0.15, 0.2) is 46.9 Å². The van der Waals surface area contributed by atoms with E-state index in [-0.39, 0.29) is 17.9 Å². The van der Waals surface area contributed by atoms with Crippen LogP contribution < -0.4 is 14.8 Å². The maximum absolute atomic E-state index is 12.0. The van der Waals surface area contributed by atoms with Gasteiger partial charge in [-0.25, -0.2) is 0 Å². The lowest BCUT2D eigenvalue weighted by Crippen LogP contribution is -2.30. The van der Waals surface area contributed by atoms with E-state index in [0.717, 1.165) is 23.1 Å². The standard InChI is InChI=1S/C22H28BrNO3/c1-22(2,3)17-10-11-20(19(23)14-17)27-15-21(25)24-12-6-8-16-7-5-9-18(13-16)26-4/h5,7,9-11,13-14H,6,8,12,15H2,1-4H3,(H,24,25). The molecule has 146 valence electrons. The number of aryl methyl sites for hydroxylation is 1. The van der Waals surface area contributed by atoms with Gasteiger partial charge in [0, 0.05) is 6.54 Å². The molecule has 27 heavy (non-hydrogen) atoms. The Morgan fingerprint density at radius 3 is 2.59 bits per heavy atom. The molecule has 5 heteroatoms. The van der Waals surface area contributed by atoms with Gasteiger partial charge in [-0.05, 0) is 69.6 Å². The van der Waals surface area contributed by atoms with Crippen molar-refractivity contribution in [1.29, 1.82) is 0 Å². The van der Waals surface area contributed by atoms with Gasteiger partial charge in [0.15, 0.2) is 6.61 Å². The van der Waals surface area contributed by atoms with Crippen LogP contribution in [-0.4, -0.2) is 26.2 Å². The van der Waals surface area contributed by atoms with Crippen molar-refractivity contribution in [2.45, 2.75) is 39.0 Å². The van der Waals surface area contributed by atoms with Crippen LogP contribution in [0.2, 0.25) is 0 Å². The van der Waals surface area contributed by atoms with Crippen molar-refractivity contribution in [3.8, 4) is 11.5 Å². The smallest absolute Gasteiger partial charge is 0.257 e. The van der Waals surface area contributed by atoms with E-state index in [1.807, 2.05) is 36.4 Å². The summed E-state index contributed by atoms with van der Waals surface area (Å²) in [6.45, 7) is 7.10. The highest BCUT2D eigenvalue weighted by Crippen LogP contribution is 2.31. The van der Waals surface area contributed by atoms with E-state index in [0.29, 0.717) is 12.3 Å². The molecular weight excluding hydrogens is 406 g/mol. The first-order valence-electron chi connectivity index (χ1n) is 9.12. The molecule has 0 bridgehead atoms. The fourth-order valence-corrected chi connectivity index (χ4v) is 3.12. The zero-order chi connectivity index (χ0) is 19.9. The third-order valence-electron chi connectivity index (χ3n) is 4.26. The first-order chi connectivity index (χ1) is 12.8. The highest BCUT2D eigenvalue weighted by molar-refractivity contribution is 9.10. The molecule has 0 radical (unpaired) electrons. The summed E-state index contributed by atoms with van der Waals surface area (Å²) >= 11 is 3.52. The fraction of sp³-hybridized carbons (Fsp3) is 0.409. The van der Waals surface area contributed by atoms with Crippen molar-refractivity contribution in [2.75, 3.05) is 20.3 Å². The van der Waals surface area contributed by atoms with Gasteiger partial charge in [-0.2, -0.15) is 0 Å². The minimum atomic E-state index is -0.118. The van der Waals surface area contributed by atoms with Crippen LogP contribution in [0, 0.1) is 0 Å². The number of halogens is 1. The summed E-state index contributed by atoms with van der Waals surface area (Å²) in [6.07, 6.45) is 1.75. The second-order valence-electron chi connectivity index (χ2n) is 7.49. The van der Waals surface area contributed by atoms with Gasteiger partial charge in [0.1, 0.15) is 11.5 Å². The van der Waals surface area contributed by atoms with E-state index in [1.54, 1.807) is 7.11 Å². The molecule has 0 heterocycles. The van der Waals surface area contributed by atoms with Crippen molar-refractivity contribution in [2.24, 2.45) is 0 Å². The molecule has 2 aromatic carbocycles. The van der Waals surface area contributed by atoms with E-state index in [2.05, 4.69) is 48.1 Å². The number of rotatable bonds is 8. The van der Waals surface area contributed by atoms with Gasteiger partial charge in [-0.1, -0.05) is 39.0 Å². The fourth-order valence-electron chi connectivity index (χ4n) is 2.63. The van der Waals surface area contributed by atoms with E-state index in [4.69, 9.17) is 9.47 Å². The molecular formula is C22H28BrNO3. The lowest BCUT2D eigenvalue weighted by molar-refractivity contribution is -0.123. The number of amides is 1. The molecule has 0 saturated heterocycles. The van der Waals surface area contributed by atoms with Gasteiger partial charge in [-0.15, -0.1) is 0 Å². The molecule has 0 aliphatic heterocycles. The third-order valence-corrected chi connectivity index (χ3v) is 4.87. The zero-order valence-electron chi connectivity index (χ0n) is 16.5. The Hall–Kier alpha value is -2.01. The Labute approximate surface area is 170 Å². The van der Waals surface area contributed by atoms with Crippen LogP contribution >= 0.6 is 15.9 Å². The molecule has 0 fully saturated rings. The van der Waals surface area contributed by atoms with Crippen LogP contribution in [0.1, 0.15) is 38.3 Å². The molecule has 0 unspecified atom stereocenters. The van der Waals surface area contributed by atoms with Gasteiger partial charge in [0.25, 0.3) is 5.91 Å². The summed E-state index contributed by atoms with van der Waals surface area (Å²) in [6, 6.07) is 14.0. The van der Waals surface area contributed by atoms with Crippen molar-refractivity contribution in [3.63, 3.8) is 0 Å². The Morgan fingerprint density at radius 1 is 1.15 bits per heavy atom. The SMILES string of the molecule is COc1cccc(CCCNC(=O)COc2ccc(C(C)(C)C)cc2Br)c1. The maximum atomic E-state index is 12.0. The summed E-state index contributed by atoms with van der Waals surface area (Å²) in [5, 5.41) is 2.90. The molecule has 0 atom stereocenters. The predicted molar refractivity (Wildman–Crippen MR) is 113 cm³/mol. The normalized spacial score (nSPS) is 11.1. The summed E-state index contributed by atoms with van der Waals surface area (Å²) in [7, 11) is 1.66. The zero-order valence-corrected chi connectivity index (χ0v) is 18.1. The molecule has 0 aliphatic rings. The number of nitrogens with one attached hydrogen (secondary N) is 1. The number of hydrogen-bond donors (Lipinski definition) is 1. The minimum absolute atomic E-state index is 0.00657. The first-order valence-corrected chi connectivity index (χ1v) is 9.91. The average molecular weight is 434 g/mol. The molecule has 1 N–H and O–H groups in total. The molecule has 0 aliphatic carbocycles. The topological polar surface area (TPSA) is 47.6 Å². The Balaban J connectivity index is 1.73. The lowest BCUT2D eigenvalue weighted by Gasteiger charge is -2.20. The Morgan fingerprint density at radius 2 is 1.93 bits per heavy atom. The van der Waals surface area contributed by atoms with Crippen LogP contribution in [0.4, 0.5) is 0 Å². The quantitative estimate of drug-likeness (QED) is 0.603. The van der Waals surface area contributed by atoms with Gasteiger partial charge < -0.3 is 14.8 Å². The molecule has 2 aromatic rings. The number of benzene rings is 2. The van der Waals surface area contributed by atoms with E-state index in [1.165, 1.54) is 11.1 Å². The second kappa shape index (κ2) is 9.79. The van der Waals surface area contributed by atoms with Crippen LogP contribution in [0.25, 0.3) is 0 Å². The van der Waals surface area contributed by atoms with Gasteiger partial charge >= 0.3 is 0 Å². The predicted octanol–water partition coefficient (Wildman–Crippen LogP) is 4.88. The van der Waals surface area contributed by atoms with E-state index in [9.17, 15) is 4.79 Å². The van der Waals surface area contributed by atoms with Crippen molar-refractivity contribution < 1.29 is 14.3 Å². The summed E-state index contributed by atoms with van der Waals surface area (Å²) in [4.78, 5) is 12.0. The Bertz CT molecular complexity index is 768. The molecule has 2 rings (SSSR count). The summed E-state index contributed by atoms with van der Waals surface area (Å²) in [5.41, 5.74) is 2.48. The van der Waals surface area contributed by atoms with E-state index < -0.39 is 0 Å². The van der Waals surface area contributed by atoms with Crippen molar-refractivity contribution in [1.82, 2.24) is 5.32 Å². The lowest BCUT2D eigenvalue weighted by atomic mass is 9.87. The summed E-state index contributed by atoms with van der Waals surface area (Å²) < 4.78 is 11.7. The molecule has 4 nitrogen and oxygen atoms in total. The monoisotopic (exact) mass is 433 g/mol. The van der Waals surface area contributed by atoms with Crippen molar-refractivity contribution >= 4 is 21.8 Å². The molecule has 0 spiro atoms. The van der Waals surface area contributed by atoms with Gasteiger partial charge in [-0.3, -0.25) is 4.79 Å². The third kappa shape index (κ3) is 6.90. The van der Waals surface area contributed by atoms with Crippen LogP contribution in [0.5, 0.6) is 11.5 Å². The number of methoxy groups -OCH3 is 1. The Kier molecular flexibility index (Phi) is 7.72. The van der Waals surface area contributed by atoms with Gasteiger partial charge in [0.05, 0.1) is 11.6 Å². The maximum Gasteiger partial charge on any atom is 0.257 e. The molecule has 1 amide bonds.